The minimum absolute atomic E-state index is 0.112. The van der Waals surface area contributed by atoms with Gasteiger partial charge in [0.1, 0.15) is 6.10 Å². The van der Waals surface area contributed by atoms with Crippen LogP contribution >= 0.6 is 0 Å². The first-order valence-corrected chi connectivity index (χ1v) is 12.1. The molecular weight excluding hydrogens is 400 g/mol. The van der Waals surface area contributed by atoms with Crippen molar-refractivity contribution in [3.63, 3.8) is 0 Å². The minimum Gasteiger partial charge on any atom is -0.457 e. The third-order valence-corrected chi connectivity index (χ3v) is 7.76. The minimum atomic E-state index is -3.68. The molecule has 0 N–H and O–H groups in total. The lowest BCUT2D eigenvalue weighted by molar-refractivity contribution is 0.00773. The summed E-state index contributed by atoms with van der Waals surface area (Å²) < 4.78 is 33.6. The topological polar surface area (TPSA) is 66.9 Å². The predicted molar refractivity (Wildman–Crippen MR) is 116 cm³/mol. The van der Waals surface area contributed by atoms with Crippen LogP contribution in [0.15, 0.2) is 53.4 Å². The molecule has 0 bridgehead atoms. The highest BCUT2D eigenvalue weighted by Gasteiger charge is 2.29. The van der Waals surface area contributed by atoms with Crippen molar-refractivity contribution in [1.82, 2.24) is 4.90 Å². The van der Waals surface area contributed by atoms with Crippen LogP contribution in [0.25, 0.3) is 0 Å². The first-order valence-electron chi connectivity index (χ1n) is 10.6. The zero-order chi connectivity index (χ0) is 21.1. The summed E-state index contributed by atoms with van der Waals surface area (Å²) in [5.74, 6) is -0.398. The molecule has 2 aliphatic heterocycles. The summed E-state index contributed by atoms with van der Waals surface area (Å²) in [4.78, 5) is 15.0. The number of likely N-dealkylation sites (tertiary alicyclic amines) is 1. The number of aryl methyl sites for hydroxylation is 1. The fourth-order valence-corrected chi connectivity index (χ4v) is 5.80. The van der Waals surface area contributed by atoms with Crippen molar-refractivity contribution in [2.24, 2.45) is 0 Å². The van der Waals surface area contributed by atoms with Crippen molar-refractivity contribution in [3.05, 3.63) is 59.7 Å². The van der Waals surface area contributed by atoms with Crippen molar-refractivity contribution in [1.29, 1.82) is 0 Å². The number of carbonyl (C=O) groups excluding carboxylic acids is 1. The molecule has 0 amide bonds. The van der Waals surface area contributed by atoms with Gasteiger partial charge < -0.3 is 4.74 Å². The largest absolute Gasteiger partial charge is 0.457 e. The smallest absolute Gasteiger partial charge is 0.338 e. The molecule has 2 aliphatic rings. The van der Waals surface area contributed by atoms with E-state index in [4.69, 9.17) is 4.74 Å². The second-order valence-corrected chi connectivity index (χ2v) is 9.76. The van der Waals surface area contributed by atoms with E-state index >= 15 is 0 Å². The van der Waals surface area contributed by atoms with Crippen LogP contribution in [-0.2, 0) is 21.2 Å². The zero-order valence-corrected chi connectivity index (χ0v) is 18.1. The Balaban J connectivity index is 1.49. The lowest BCUT2D eigenvalue weighted by Crippen LogP contribution is -2.40. The molecule has 2 heterocycles. The maximum absolute atomic E-state index is 13.2. The van der Waals surface area contributed by atoms with Crippen molar-refractivity contribution in [3.8, 4) is 0 Å². The molecule has 1 fully saturated rings. The number of sulfonamides is 1. The molecule has 6 nitrogen and oxygen atoms in total. The third kappa shape index (κ3) is 4.23. The number of esters is 1. The molecule has 2 aromatic rings. The summed E-state index contributed by atoms with van der Waals surface area (Å²) in [5.41, 5.74) is 2.16. The van der Waals surface area contributed by atoms with Crippen LogP contribution in [0.5, 0.6) is 0 Å². The highest BCUT2D eigenvalue weighted by atomic mass is 32.2. The van der Waals surface area contributed by atoms with E-state index in [1.54, 1.807) is 12.1 Å². The van der Waals surface area contributed by atoms with Crippen LogP contribution in [0.1, 0.15) is 42.1 Å². The summed E-state index contributed by atoms with van der Waals surface area (Å²) in [6.07, 6.45) is 3.43. The molecule has 0 saturated carbocycles. The van der Waals surface area contributed by atoms with Gasteiger partial charge >= 0.3 is 5.97 Å². The molecule has 2 aromatic carbocycles. The van der Waals surface area contributed by atoms with Gasteiger partial charge in [0.2, 0.25) is 0 Å². The van der Waals surface area contributed by atoms with Gasteiger partial charge in [0.05, 0.1) is 16.1 Å². The Bertz CT molecular complexity index is 1000. The SMILES string of the molecule is CCN1CCC[C@H](OC(=O)c2ccc(S(=O)(=O)N3CCCc4ccccc43)cc2)C1. The third-order valence-electron chi connectivity index (χ3n) is 5.93. The highest BCUT2D eigenvalue weighted by molar-refractivity contribution is 7.92. The quantitative estimate of drug-likeness (QED) is 0.682. The van der Waals surface area contributed by atoms with Crippen LogP contribution < -0.4 is 4.31 Å². The number of fused-ring (bicyclic) bond motifs is 1. The number of rotatable bonds is 5. The number of likely N-dealkylation sites (N-methyl/N-ethyl adjacent to an activating group) is 1. The van der Waals surface area contributed by atoms with Gasteiger partial charge in [-0.25, -0.2) is 13.2 Å². The van der Waals surface area contributed by atoms with E-state index in [2.05, 4.69) is 11.8 Å². The number of carbonyl (C=O) groups is 1. The van der Waals surface area contributed by atoms with Gasteiger partial charge in [-0.3, -0.25) is 9.21 Å². The molecule has 0 radical (unpaired) electrons. The van der Waals surface area contributed by atoms with Crippen LogP contribution in [0.3, 0.4) is 0 Å². The second-order valence-electron chi connectivity index (χ2n) is 7.90. The van der Waals surface area contributed by atoms with Gasteiger partial charge in [0, 0.05) is 13.1 Å². The van der Waals surface area contributed by atoms with E-state index in [-0.39, 0.29) is 11.0 Å². The lowest BCUT2D eigenvalue weighted by atomic mass is 10.0. The number of nitrogens with zero attached hydrogens (tertiary/aromatic N) is 2. The Morgan fingerprint density at radius 2 is 1.83 bits per heavy atom. The average Bonchev–Trinajstić information content (AvgIpc) is 2.79. The van der Waals surface area contributed by atoms with Crippen molar-refractivity contribution in [2.75, 3.05) is 30.5 Å². The molecule has 0 spiro atoms. The summed E-state index contributed by atoms with van der Waals surface area (Å²) >= 11 is 0. The predicted octanol–water partition coefficient (Wildman–Crippen LogP) is 3.47. The van der Waals surface area contributed by atoms with E-state index in [0.29, 0.717) is 12.1 Å². The van der Waals surface area contributed by atoms with Crippen LogP contribution in [0.4, 0.5) is 5.69 Å². The van der Waals surface area contributed by atoms with Crippen molar-refractivity contribution < 1.29 is 17.9 Å². The van der Waals surface area contributed by atoms with E-state index in [0.717, 1.165) is 56.6 Å². The fourth-order valence-electron chi connectivity index (χ4n) is 4.25. The van der Waals surface area contributed by atoms with Gasteiger partial charge in [0.25, 0.3) is 10.0 Å². The first-order chi connectivity index (χ1) is 14.5. The maximum Gasteiger partial charge on any atom is 0.338 e. The summed E-state index contributed by atoms with van der Waals surface area (Å²) in [7, 11) is -3.68. The zero-order valence-electron chi connectivity index (χ0n) is 17.3. The van der Waals surface area contributed by atoms with Gasteiger partial charge in [-0.2, -0.15) is 0 Å². The Morgan fingerprint density at radius 3 is 2.60 bits per heavy atom. The Kier molecular flexibility index (Phi) is 6.11. The fraction of sp³-hybridized carbons (Fsp3) is 0.435. The normalized spacial score (nSPS) is 19.9. The monoisotopic (exact) mass is 428 g/mol. The van der Waals surface area contributed by atoms with Crippen LogP contribution in [-0.4, -0.2) is 51.6 Å². The number of para-hydroxylation sites is 1. The molecule has 4 rings (SSSR count). The van der Waals surface area contributed by atoms with Crippen molar-refractivity contribution >= 4 is 21.7 Å². The molecule has 0 aliphatic carbocycles. The first kappa shape index (κ1) is 20.9. The number of hydrogen-bond acceptors (Lipinski definition) is 5. The number of benzene rings is 2. The summed E-state index contributed by atoms with van der Waals surface area (Å²) in [6, 6.07) is 13.7. The molecular formula is C23H28N2O4S. The van der Waals surface area contributed by atoms with E-state index < -0.39 is 16.0 Å². The molecule has 1 saturated heterocycles. The van der Waals surface area contributed by atoms with Crippen LogP contribution in [0.2, 0.25) is 0 Å². The maximum atomic E-state index is 13.2. The highest BCUT2D eigenvalue weighted by Crippen LogP contribution is 2.31. The van der Waals surface area contributed by atoms with Gasteiger partial charge in [0.15, 0.2) is 0 Å². The van der Waals surface area contributed by atoms with Gasteiger partial charge in [-0.15, -0.1) is 0 Å². The Morgan fingerprint density at radius 1 is 1.07 bits per heavy atom. The Hall–Kier alpha value is -2.38. The molecule has 30 heavy (non-hydrogen) atoms. The standard InChI is InChI=1S/C23H28N2O4S/c1-2-24-15-6-9-20(17-24)29-23(26)19-11-13-21(14-12-19)30(27,28)25-16-5-8-18-7-3-4-10-22(18)25/h3-4,7,10-14,20H,2,5-6,8-9,15-17H2,1H3/t20-/m0/s1. The molecule has 0 unspecified atom stereocenters. The van der Waals surface area contributed by atoms with Crippen molar-refractivity contribution in [2.45, 2.75) is 43.6 Å². The van der Waals surface area contributed by atoms with E-state index in [1.807, 2.05) is 24.3 Å². The number of piperidine rings is 1. The van der Waals surface area contributed by atoms with Crippen LogP contribution in [0, 0.1) is 0 Å². The summed E-state index contributed by atoms with van der Waals surface area (Å²) in [6.45, 7) is 5.29. The molecule has 0 aromatic heterocycles. The Labute approximate surface area is 178 Å². The molecule has 160 valence electrons. The number of ether oxygens (including phenoxy) is 1. The van der Waals surface area contributed by atoms with E-state index in [9.17, 15) is 13.2 Å². The van der Waals surface area contributed by atoms with Gasteiger partial charge in [-0.1, -0.05) is 25.1 Å². The number of hydrogen-bond donors (Lipinski definition) is 0. The summed E-state index contributed by atoms with van der Waals surface area (Å²) in [5, 5.41) is 0. The van der Waals surface area contributed by atoms with E-state index in [1.165, 1.54) is 16.4 Å². The van der Waals surface area contributed by atoms with Gasteiger partial charge in [-0.05, 0) is 74.7 Å². The second kappa shape index (κ2) is 8.78. The molecule has 1 atom stereocenters. The lowest BCUT2D eigenvalue weighted by Gasteiger charge is -2.31. The molecule has 7 heteroatoms. The average molecular weight is 429 g/mol. The number of anilines is 1.